The highest BCUT2D eigenvalue weighted by atomic mass is 16.2. The van der Waals surface area contributed by atoms with Crippen molar-refractivity contribution in [1.82, 2.24) is 15.1 Å². The van der Waals surface area contributed by atoms with Crippen LogP contribution in [0.4, 0.5) is 0 Å². The number of nitrogens with zero attached hydrogens (tertiary/aromatic N) is 2. The maximum Gasteiger partial charge on any atom is 0.226 e. The van der Waals surface area contributed by atoms with E-state index in [0.29, 0.717) is 23.3 Å². The Bertz CT molecular complexity index is 365. The third kappa shape index (κ3) is 2.60. The van der Waals surface area contributed by atoms with Crippen molar-refractivity contribution in [2.75, 3.05) is 39.8 Å². The monoisotopic (exact) mass is 279 g/mol. The van der Waals surface area contributed by atoms with Gasteiger partial charge in [-0.05, 0) is 63.7 Å². The Balaban J connectivity index is 1.53. The first-order chi connectivity index (χ1) is 9.66. The zero-order valence-electron chi connectivity index (χ0n) is 13.0. The molecular weight excluding hydrogens is 250 g/mol. The quantitative estimate of drug-likeness (QED) is 0.843. The summed E-state index contributed by atoms with van der Waals surface area (Å²) >= 11 is 0. The van der Waals surface area contributed by atoms with Crippen LogP contribution in [0, 0.1) is 11.3 Å². The maximum absolute atomic E-state index is 12.6. The molecule has 3 fully saturated rings. The summed E-state index contributed by atoms with van der Waals surface area (Å²) in [7, 11) is 2.02. The SMILES string of the molecule is CCN1CCCC1CN(C)C(=O)C1CC12CCNCC2. The smallest absolute Gasteiger partial charge is 0.226 e. The van der Waals surface area contributed by atoms with Gasteiger partial charge in [-0.25, -0.2) is 0 Å². The van der Waals surface area contributed by atoms with Gasteiger partial charge in [0.2, 0.25) is 5.91 Å². The van der Waals surface area contributed by atoms with Gasteiger partial charge in [-0.1, -0.05) is 6.92 Å². The minimum atomic E-state index is 0.325. The lowest BCUT2D eigenvalue weighted by Crippen LogP contribution is -2.42. The summed E-state index contributed by atoms with van der Waals surface area (Å²) in [6, 6.07) is 0.594. The molecule has 2 heterocycles. The van der Waals surface area contributed by atoms with E-state index in [-0.39, 0.29) is 0 Å². The van der Waals surface area contributed by atoms with Gasteiger partial charge in [0.1, 0.15) is 0 Å². The topological polar surface area (TPSA) is 35.6 Å². The predicted molar refractivity (Wildman–Crippen MR) is 80.5 cm³/mol. The Morgan fingerprint density at radius 3 is 2.85 bits per heavy atom. The average molecular weight is 279 g/mol. The number of rotatable bonds is 4. The number of likely N-dealkylation sites (tertiary alicyclic amines) is 1. The lowest BCUT2D eigenvalue weighted by molar-refractivity contribution is -0.133. The standard InChI is InChI=1S/C16H29N3O/c1-3-19-10-4-5-13(19)12-18(2)15(20)14-11-16(14)6-8-17-9-7-16/h13-14,17H,3-12H2,1-2H3. The number of nitrogens with one attached hydrogen (secondary N) is 1. The van der Waals surface area contributed by atoms with Gasteiger partial charge in [0.15, 0.2) is 0 Å². The molecule has 1 saturated carbocycles. The number of carbonyl (C=O) groups excluding carboxylic acids is 1. The van der Waals surface area contributed by atoms with Gasteiger partial charge < -0.3 is 10.2 Å². The fourth-order valence-electron chi connectivity index (χ4n) is 4.36. The van der Waals surface area contributed by atoms with Gasteiger partial charge in [0.25, 0.3) is 0 Å². The largest absolute Gasteiger partial charge is 0.344 e. The molecule has 114 valence electrons. The van der Waals surface area contributed by atoms with E-state index in [1.54, 1.807) is 0 Å². The lowest BCUT2D eigenvalue weighted by atomic mass is 9.91. The molecule has 1 aliphatic carbocycles. The maximum atomic E-state index is 12.6. The van der Waals surface area contributed by atoms with E-state index in [1.807, 2.05) is 11.9 Å². The number of likely N-dealkylation sites (N-methyl/N-ethyl adjacent to an activating group) is 2. The van der Waals surface area contributed by atoms with Crippen LogP contribution in [0.5, 0.6) is 0 Å². The van der Waals surface area contributed by atoms with E-state index in [2.05, 4.69) is 17.1 Å². The summed E-state index contributed by atoms with van der Waals surface area (Å²) < 4.78 is 0. The third-order valence-corrected chi connectivity index (χ3v) is 5.85. The highest BCUT2D eigenvalue weighted by Crippen LogP contribution is 2.59. The molecule has 0 radical (unpaired) electrons. The first kappa shape index (κ1) is 14.3. The van der Waals surface area contributed by atoms with Crippen LogP contribution >= 0.6 is 0 Å². The van der Waals surface area contributed by atoms with E-state index in [0.717, 1.165) is 32.6 Å². The predicted octanol–water partition coefficient (Wildman–Crippen LogP) is 1.32. The molecule has 0 aromatic rings. The van der Waals surface area contributed by atoms with Crippen LogP contribution in [0.3, 0.4) is 0 Å². The van der Waals surface area contributed by atoms with E-state index < -0.39 is 0 Å². The molecule has 2 saturated heterocycles. The van der Waals surface area contributed by atoms with Gasteiger partial charge in [-0.2, -0.15) is 0 Å². The first-order valence-electron chi connectivity index (χ1n) is 8.36. The van der Waals surface area contributed by atoms with Crippen LogP contribution in [-0.2, 0) is 4.79 Å². The highest BCUT2D eigenvalue weighted by molar-refractivity contribution is 5.82. The molecule has 1 spiro atoms. The van der Waals surface area contributed by atoms with Crippen molar-refractivity contribution in [3.63, 3.8) is 0 Å². The van der Waals surface area contributed by atoms with Crippen molar-refractivity contribution in [2.24, 2.45) is 11.3 Å². The highest BCUT2D eigenvalue weighted by Gasteiger charge is 2.58. The minimum Gasteiger partial charge on any atom is -0.344 e. The molecule has 20 heavy (non-hydrogen) atoms. The molecule has 3 rings (SSSR count). The van der Waals surface area contributed by atoms with E-state index in [4.69, 9.17) is 0 Å². The van der Waals surface area contributed by atoms with Crippen LogP contribution in [0.1, 0.15) is 39.0 Å². The molecule has 2 aliphatic heterocycles. The van der Waals surface area contributed by atoms with E-state index in [1.165, 1.54) is 32.2 Å². The molecule has 1 N–H and O–H groups in total. The molecule has 0 aromatic heterocycles. The Labute approximate surface area is 122 Å². The van der Waals surface area contributed by atoms with Crippen LogP contribution in [0.2, 0.25) is 0 Å². The van der Waals surface area contributed by atoms with Crippen molar-refractivity contribution >= 4 is 5.91 Å². The molecule has 0 aromatic carbocycles. The van der Waals surface area contributed by atoms with Crippen molar-refractivity contribution in [3.05, 3.63) is 0 Å². The Hall–Kier alpha value is -0.610. The molecule has 4 nitrogen and oxygen atoms in total. The second-order valence-corrected chi connectivity index (χ2v) is 7.01. The summed E-state index contributed by atoms with van der Waals surface area (Å²) in [5.41, 5.74) is 0.372. The van der Waals surface area contributed by atoms with Crippen LogP contribution < -0.4 is 5.32 Å². The molecule has 4 heteroatoms. The Kier molecular flexibility index (Phi) is 4.04. The molecular formula is C16H29N3O. The molecule has 2 atom stereocenters. The van der Waals surface area contributed by atoms with Crippen LogP contribution in [0.25, 0.3) is 0 Å². The second-order valence-electron chi connectivity index (χ2n) is 7.01. The third-order valence-electron chi connectivity index (χ3n) is 5.85. The molecule has 3 aliphatic rings. The zero-order valence-corrected chi connectivity index (χ0v) is 13.0. The van der Waals surface area contributed by atoms with E-state index in [9.17, 15) is 4.79 Å². The fraction of sp³-hybridized carbons (Fsp3) is 0.938. The summed E-state index contributed by atoms with van der Waals surface area (Å²) in [4.78, 5) is 17.2. The van der Waals surface area contributed by atoms with E-state index >= 15 is 0 Å². The summed E-state index contributed by atoms with van der Waals surface area (Å²) in [5, 5.41) is 3.41. The summed E-state index contributed by atoms with van der Waals surface area (Å²) in [6.07, 6.45) is 6.08. The number of amides is 1. The van der Waals surface area contributed by atoms with Crippen molar-refractivity contribution in [1.29, 1.82) is 0 Å². The van der Waals surface area contributed by atoms with Gasteiger partial charge in [0.05, 0.1) is 0 Å². The van der Waals surface area contributed by atoms with Gasteiger partial charge >= 0.3 is 0 Å². The van der Waals surface area contributed by atoms with Gasteiger partial charge in [0, 0.05) is 25.6 Å². The van der Waals surface area contributed by atoms with Crippen LogP contribution in [-0.4, -0.2) is 61.5 Å². The number of piperidine rings is 1. The molecule has 1 amide bonds. The zero-order chi connectivity index (χ0) is 14.2. The van der Waals surface area contributed by atoms with Crippen molar-refractivity contribution in [2.45, 2.75) is 45.1 Å². The number of carbonyl (C=O) groups is 1. The summed E-state index contributed by atoms with van der Waals surface area (Å²) in [5.74, 6) is 0.737. The molecule has 0 bridgehead atoms. The lowest BCUT2D eigenvalue weighted by Gasteiger charge is -2.29. The normalized spacial score (nSPS) is 32.5. The number of hydrogen-bond acceptors (Lipinski definition) is 3. The Morgan fingerprint density at radius 1 is 1.40 bits per heavy atom. The average Bonchev–Trinajstić information content (AvgIpc) is 2.95. The van der Waals surface area contributed by atoms with Crippen LogP contribution in [0.15, 0.2) is 0 Å². The second kappa shape index (κ2) is 5.64. The Morgan fingerprint density at radius 2 is 2.15 bits per heavy atom. The van der Waals surface area contributed by atoms with Gasteiger partial charge in [-0.15, -0.1) is 0 Å². The number of hydrogen-bond donors (Lipinski definition) is 1. The summed E-state index contributed by atoms with van der Waals surface area (Å²) in [6.45, 7) is 7.68. The molecule has 2 unspecified atom stereocenters. The van der Waals surface area contributed by atoms with Crippen molar-refractivity contribution < 1.29 is 4.79 Å². The van der Waals surface area contributed by atoms with Gasteiger partial charge in [-0.3, -0.25) is 9.69 Å². The first-order valence-corrected chi connectivity index (χ1v) is 8.36. The fourth-order valence-corrected chi connectivity index (χ4v) is 4.36. The minimum absolute atomic E-state index is 0.325. The van der Waals surface area contributed by atoms with Crippen molar-refractivity contribution in [3.8, 4) is 0 Å².